The molecule has 2 rings (SSSR count). The summed E-state index contributed by atoms with van der Waals surface area (Å²) in [6.07, 6.45) is 0.470. The van der Waals surface area contributed by atoms with Crippen molar-refractivity contribution in [3.8, 4) is 0 Å². The fourth-order valence-electron chi connectivity index (χ4n) is 2.84. The average Bonchev–Trinajstić information content (AvgIpc) is 2.69. The van der Waals surface area contributed by atoms with Crippen LogP contribution in [0.2, 0.25) is 15.1 Å². The lowest BCUT2D eigenvalue weighted by molar-refractivity contribution is -0.140. The van der Waals surface area contributed by atoms with Gasteiger partial charge in [0.15, 0.2) is 0 Å². The van der Waals surface area contributed by atoms with E-state index in [4.69, 9.17) is 34.8 Å². The maximum Gasteiger partial charge on any atom is 0.242 e. The standard InChI is InChI=1S/C22H24Cl3FN2O2/c1-4-13(2)27-22(30)14(3)28(12-15-8-9-16(23)10-19(15)25)21(29)11-17-18(24)6-5-7-20(17)26/h5-10,13-14H,4,11-12H2,1-3H3,(H,27,30)/t13-,14-/m0/s1. The lowest BCUT2D eigenvalue weighted by Crippen LogP contribution is -2.50. The second-order valence-corrected chi connectivity index (χ2v) is 8.38. The zero-order valence-electron chi connectivity index (χ0n) is 17.0. The summed E-state index contributed by atoms with van der Waals surface area (Å²) in [6.45, 7) is 5.52. The normalized spacial score (nSPS) is 12.9. The van der Waals surface area contributed by atoms with Gasteiger partial charge < -0.3 is 10.2 Å². The number of nitrogens with one attached hydrogen (secondary N) is 1. The van der Waals surface area contributed by atoms with Gasteiger partial charge in [-0.2, -0.15) is 0 Å². The molecule has 2 aromatic rings. The van der Waals surface area contributed by atoms with Gasteiger partial charge in [0.1, 0.15) is 11.9 Å². The van der Waals surface area contributed by atoms with Crippen molar-refractivity contribution < 1.29 is 14.0 Å². The summed E-state index contributed by atoms with van der Waals surface area (Å²) >= 11 is 18.3. The van der Waals surface area contributed by atoms with Crippen LogP contribution in [0.1, 0.15) is 38.3 Å². The number of hydrogen-bond acceptors (Lipinski definition) is 2. The number of benzene rings is 2. The van der Waals surface area contributed by atoms with E-state index < -0.39 is 17.8 Å². The third-order valence-electron chi connectivity index (χ3n) is 4.91. The molecule has 2 amide bonds. The smallest absolute Gasteiger partial charge is 0.242 e. The summed E-state index contributed by atoms with van der Waals surface area (Å²) < 4.78 is 14.2. The highest BCUT2D eigenvalue weighted by Crippen LogP contribution is 2.25. The van der Waals surface area contributed by atoms with Gasteiger partial charge in [-0.3, -0.25) is 9.59 Å². The molecule has 8 heteroatoms. The molecule has 0 aliphatic carbocycles. The second kappa shape index (κ2) is 11.0. The molecule has 0 radical (unpaired) electrons. The lowest BCUT2D eigenvalue weighted by atomic mass is 10.1. The van der Waals surface area contributed by atoms with Crippen LogP contribution in [-0.4, -0.2) is 28.8 Å². The van der Waals surface area contributed by atoms with Gasteiger partial charge in [0, 0.05) is 33.2 Å². The summed E-state index contributed by atoms with van der Waals surface area (Å²) in [5, 5.41) is 3.87. The number of carbonyl (C=O) groups excluding carboxylic acids is 2. The van der Waals surface area contributed by atoms with Crippen LogP contribution < -0.4 is 5.32 Å². The van der Waals surface area contributed by atoms with Gasteiger partial charge in [0.2, 0.25) is 11.8 Å². The van der Waals surface area contributed by atoms with Crippen LogP contribution in [0.4, 0.5) is 4.39 Å². The first-order valence-electron chi connectivity index (χ1n) is 9.60. The van der Waals surface area contributed by atoms with Gasteiger partial charge in [-0.1, -0.05) is 53.9 Å². The Morgan fingerprint density at radius 2 is 1.80 bits per heavy atom. The van der Waals surface area contributed by atoms with Crippen molar-refractivity contribution in [1.82, 2.24) is 10.2 Å². The monoisotopic (exact) mass is 472 g/mol. The molecule has 0 bridgehead atoms. The molecular weight excluding hydrogens is 450 g/mol. The predicted molar refractivity (Wildman–Crippen MR) is 119 cm³/mol. The number of nitrogens with zero attached hydrogens (tertiary/aromatic N) is 1. The molecule has 0 fully saturated rings. The fraction of sp³-hybridized carbons (Fsp3) is 0.364. The molecule has 0 saturated heterocycles. The molecule has 0 heterocycles. The minimum Gasteiger partial charge on any atom is -0.352 e. The molecule has 0 saturated carbocycles. The van der Waals surface area contributed by atoms with Crippen LogP contribution >= 0.6 is 34.8 Å². The molecule has 30 heavy (non-hydrogen) atoms. The van der Waals surface area contributed by atoms with E-state index in [0.717, 1.165) is 6.42 Å². The fourth-order valence-corrected chi connectivity index (χ4v) is 3.53. The minimum atomic E-state index is -0.802. The molecule has 1 N–H and O–H groups in total. The topological polar surface area (TPSA) is 49.4 Å². The van der Waals surface area contributed by atoms with Crippen LogP contribution in [0.3, 0.4) is 0 Å². The Bertz CT molecular complexity index is 903. The number of rotatable bonds is 8. The summed E-state index contributed by atoms with van der Waals surface area (Å²) in [5.41, 5.74) is 0.711. The van der Waals surface area contributed by atoms with Crippen molar-refractivity contribution in [2.75, 3.05) is 0 Å². The SMILES string of the molecule is CC[C@H](C)NC(=O)[C@H](C)N(Cc1ccc(Cl)cc1Cl)C(=O)Cc1c(F)cccc1Cl. The molecule has 2 atom stereocenters. The summed E-state index contributed by atoms with van der Waals surface area (Å²) in [5.74, 6) is -1.32. The van der Waals surface area contributed by atoms with Gasteiger partial charge in [0.25, 0.3) is 0 Å². The summed E-state index contributed by atoms with van der Waals surface area (Å²) in [6, 6.07) is 8.31. The highest BCUT2D eigenvalue weighted by atomic mass is 35.5. The van der Waals surface area contributed by atoms with Crippen LogP contribution in [-0.2, 0) is 22.6 Å². The lowest BCUT2D eigenvalue weighted by Gasteiger charge is -2.30. The van der Waals surface area contributed by atoms with Crippen LogP contribution in [0.25, 0.3) is 0 Å². The second-order valence-electron chi connectivity index (χ2n) is 7.13. The van der Waals surface area contributed by atoms with E-state index in [9.17, 15) is 14.0 Å². The van der Waals surface area contributed by atoms with E-state index in [0.29, 0.717) is 15.6 Å². The van der Waals surface area contributed by atoms with E-state index >= 15 is 0 Å². The van der Waals surface area contributed by atoms with Crippen LogP contribution in [0, 0.1) is 5.82 Å². The minimum absolute atomic E-state index is 0.0444. The first kappa shape index (κ1) is 24.4. The number of hydrogen-bond donors (Lipinski definition) is 1. The van der Waals surface area contributed by atoms with Crippen molar-refractivity contribution in [3.63, 3.8) is 0 Å². The Morgan fingerprint density at radius 1 is 1.10 bits per heavy atom. The van der Waals surface area contributed by atoms with Crippen LogP contribution in [0.15, 0.2) is 36.4 Å². The Balaban J connectivity index is 2.34. The highest BCUT2D eigenvalue weighted by molar-refractivity contribution is 6.35. The Hall–Kier alpha value is -1.82. The maximum atomic E-state index is 14.2. The van der Waals surface area contributed by atoms with Gasteiger partial charge >= 0.3 is 0 Å². The first-order chi connectivity index (χ1) is 14.1. The Morgan fingerprint density at radius 3 is 2.40 bits per heavy atom. The van der Waals surface area contributed by atoms with E-state index in [1.54, 1.807) is 25.1 Å². The molecule has 162 valence electrons. The van der Waals surface area contributed by atoms with Gasteiger partial charge in [-0.15, -0.1) is 0 Å². The van der Waals surface area contributed by atoms with Gasteiger partial charge in [-0.05, 0) is 50.1 Å². The molecular formula is C22H24Cl3FN2O2. The zero-order valence-corrected chi connectivity index (χ0v) is 19.3. The third kappa shape index (κ3) is 6.34. The van der Waals surface area contributed by atoms with Gasteiger partial charge in [-0.25, -0.2) is 4.39 Å². The largest absolute Gasteiger partial charge is 0.352 e. The Labute approximate surface area is 191 Å². The average molecular weight is 474 g/mol. The number of amides is 2. The molecule has 0 aliphatic heterocycles. The number of carbonyl (C=O) groups is 2. The molecule has 2 aromatic carbocycles. The first-order valence-corrected chi connectivity index (χ1v) is 10.7. The van der Waals surface area contributed by atoms with E-state index in [2.05, 4.69) is 5.32 Å². The predicted octanol–water partition coefficient (Wildman–Crippen LogP) is 5.66. The quantitative estimate of drug-likeness (QED) is 0.538. The highest BCUT2D eigenvalue weighted by Gasteiger charge is 2.28. The molecule has 0 unspecified atom stereocenters. The summed E-state index contributed by atoms with van der Waals surface area (Å²) in [7, 11) is 0. The van der Waals surface area contributed by atoms with Crippen molar-refractivity contribution in [2.24, 2.45) is 0 Å². The molecule has 4 nitrogen and oxygen atoms in total. The van der Waals surface area contributed by atoms with Crippen molar-refractivity contribution in [1.29, 1.82) is 0 Å². The molecule has 0 spiro atoms. The Kier molecular flexibility index (Phi) is 8.95. The van der Waals surface area contributed by atoms with Crippen molar-refractivity contribution >= 4 is 46.6 Å². The molecule has 0 aliphatic rings. The van der Waals surface area contributed by atoms with Crippen molar-refractivity contribution in [3.05, 3.63) is 68.4 Å². The third-order valence-corrected chi connectivity index (χ3v) is 5.85. The molecule has 0 aromatic heterocycles. The summed E-state index contributed by atoms with van der Waals surface area (Å²) in [4.78, 5) is 27.2. The van der Waals surface area contributed by atoms with E-state index in [1.807, 2.05) is 13.8 Å². The van der Waals surface area contributed by atoms with E-state index in [-0.39, 0.29) is 35.5 Å². The number of halogens is 4. The zero-order chi connectivity index (χ0) is 22.4. The maximum absolute atomic E-state index is 14.2. The van der Waals surface area contributed by atoms with Crippen LogP contribution in [0.5, 0.6) is 0 Å². The van der Waals surface area contributed by atoms with Gasteiger partial charge in [0.05, 0.1) is 6.42 Å². The van der Waals surface area contributed by atoms with Crippen molar-refractivity contribution in [2.45, 2.75) is 52.2 Å². The van der Waals surface area contributed by atoms with E-state index in [1.165, 1.54) is 23.1 Å².